The van der Waals surface area contributed by atoms with Crippen LogP contribution in [0.5, 0.6) is 0 Å². The number of rotatable bonds is 6. The summed E-state index contributed by atoms with van der Waals surface area (Å²) in [6.45, 7) is 6.66. The van der Waals surface area contributed by atoms with Gasteiger partial charge >= 0.3 is 0 Å². The molecule has 0 aromatic carbocycles. The molecule has 96 valence electrons. The second kappa shape index (κ2) is 6.39. The van der Waals surface area contributed by atoms with Gasteiger partial charge in [0.2, 0.25) is 0 Å². The molecule has 1 heterocycles. The van der Waals surface area contributed by atoms with Crippen molar-refractivity contribution >= 4 is 5.69 Å². The SMILES string of the molecule is CC(C)CNCCn1ncc(N(C)C)cc1=O. The lowest BCUT2D eigenvalue weighted by Crippen LogP contribution is -2.30. The van der Waals surface area contributed by atoms with Gasteiger partial charge in [0, 0.05) is 26.7 Å². The maximum atomic E-state index is 11.7. The van der Waals surface area contributed by atoms with E-state index in [9.17, 15) is 4.79 Å². The summed E-state index contributed by atoms with van der Waals surface area (Å²) >= 11 is 0. The zero-order valence-corrected chi connectivity index (χ0v) is 11.1. The zero-order valence-electron chi connectivity index (χ0n) is 11.1. The van der Waals surface area contributed by atoms with E-state index in [1.54, 1.807) is 12.3 Å². The van der Waals surface area contributed by atoms with E-state index in [1.807, 2.05) is 19.0 Å². The molecule has 5 nitrogen and oxygen atoms in total. The average Bonchev–Trinajstić information content (AvgIpc) is 2.25. The number of hydrogen-bond donors (Lipinski definition) is 1. The summed E-state index contributed by atoms with van der Waals surface area (Å²) < 4.78 is 1.49. The largest absolute Gasteiger partial charge is 0.376 e. The highest BCUT2D eigenvalue weighted by molar-refractivity contribution is 5.40. The summed E-state index contributed by atoms with van der Waals surface area (Å²) in [5.74, 6) is 0.621. The number of anilines is 1. The third-order valence-corrected chi connectivity index (χ3v) is 2.42. The van der Waals surface area contributed by atoms with Gasteiger partial charge in [-0.1, -0.05) is 13.8 Å². The molecule has 5 heteroatoms. The fourth-order valence-electron chi connectivity index (χ4n) is 1.41. The molecule has 0 aliphatic heterocycles. The molecule has 17 heavy (non-hydrogen) atoms. The normalized spacial score (nSPS) is 10.9. The second-order valence-electron chi connectivity index (χ2n) is 4.77. The first-order valence-corrected chi connectivity index (χ1v) is 5.96. The van der Waals surface area contributed by atoms with Crippen LogP contribution in [0, 0.1) is 5.92 Å². The van der Waals surface area contributed by atoms with Gasteiger partial charge in [0.05, 0.1) is 18.4 Å². The van der Waals surface area contributed by atoms with Gasteiger partial charge in [-0.05, 0) is 12.5 Å². The van der Waals surface area contributed by atoms with Gasteiger partial charge in [0.1, 0.15) is 0 Å². The third-order valence-electron chi connectivity index (χ3n) is 2.42. The van der Waals surface area contributed by atoms with E-state index >= 15 is 0 Å². The Kier molecular flexibility index (Phi) is 5.15. The molecule has 1 rings (SSSR count). The monoisotopic (exact) mass is 238 g/mol. The summed E-state index contributed by atoms with van der Waals surface area (Å²) in [6, 6.07) is 1.61. The predicted molar refractivity (Wildman–Crippen MR) is 70.5 cm³/mol. The van der Waals surface area contributed by atoms with Crippen LogP contribution in [0.1, 0.15) is 13.8 Å². The van der Waals surface area contributed by atoms with Crippen LogP contribution in [0.15, 0.2) is 17.1 Å². The summed E-state index contributed by atoms with van der Waals surface area (Å²) in [4.78, 5) is 13.6. The zero-order chi connectivity index (χ0) is 12.8. The van der Waals surface area contributed by atoms with Crippen LogP contribution in [-0.4, -0.2) is 37.0 Å². The molecule has 0 atom stereocenters. The van der Waals surface area contributed by atoms with E-state index < -0.39 is 0 Å². The van der Waals surface area contributed by atoms with Crippen LogP contribution in [-0.2, 0) is 6.54 Å². The fourth-order valence-corrected chi connectivity index (χ4v) is 1.41. The van der Waals surface area contributed by atoms with Gasteiger partial charge in [-0.3, -0.25) is 4.79 Å². The first-order chi connectivity index (χ1) is 8.00. The lowest BCUT2D eigenvalue weighted by Gasteiger charge is -2.12. The van der Waals surface area contributed by atoms with Crippen LogP contribution in [0.2, 0.25) is 0 Å². The van der Waals surface area contributed by atoms with E-state index in [1.165, 1.54) is 4.68 Å². The number of aromatic nitrogens is 2. The molecule has 0 fully saturated rings. The molecule has 0 saturated carbocycles. The van der Waals surface area contributed by atoms with Gasteiger partial charge in [-0.15, -0.1) is 0 Å². The van der Waals surface area contributed by atoms with Crippen molar-refractivity contribution in [1.82, 2.24) is 15.1 Å². The van der Waals surface area contributed by atoms with Crippen molar-refractivity contribution in [2.24, 2.45) is 5.92 Å². The molecule has 0 spiro atoms. The Balaban J connectivity index is 2.52. The molecular formula is C12H22N4O. The molecule has 0 aliphatic rings. The fraction of sp³-hybridized carbons (Fsp3) is 0.667. The molecule has 0 unspecified atom stereocenters. The highest BCUT2D eigenvalue weighted by Gasteiger charge is 2.01. The van der Waals surface area contributed by atoms with Crippen molar-refractivity contribution < 1.29 is 0 Å². The molecule has 1 aromatic rings. The van der Waals surface area contributed by atoms with E-state index in [2.05, 4.69) is 24.3 Å². The molecular weight excluding hydrogens is 216 g/mol. The maximum Gasteiger partial charge on any atom is 0.268 e. The lowest BCUT2D eigenvalue weighted by molar-refractivity contribution is 0.494. The standard InChI is InChI=1S/C12H22N4O/c1-10(2)8-13-5-6-16-12(17)7-11(9-14-16)15(3)4/h7,9-10,13H,5-6,8H2,1-4H3. The molecule has 0 bridgehead atoms. The highest BCUT2D eigenvalue weighted by atomic mass is 16.1. The van der Waals surface area contributed by atoms with Crippen molar-refractivity contribution in [3.63, 3.8) is 0 Å². The van der Waals surface area contributed by atoms with Crippen LogP contribution >= 0.6 is 0 Å². The summed E-state index contributed by atoms with van der Waals surface area (Å²) in [6.07, 6.45) is 1.71. The smallest absolute Gasteiger partial charge is 0.268 e. The first-order valence-electron chi connectivity index (χ1n) is 5.96. The lowest BCUT2D eigenvalue weighted by atomic mass is 10.2. The molecule has 1 N–H and O–H groups in total. The van der Waals surface area contributed by atoms with Crippen molar-refractivity contribution in [3.05, 3.63) is 22.6 Å². The summed E-state index contributed by atoms with van der Waals surface area (Å²) in [5, 5.41) is 7.43. The van der Waals surface area contributed by atoms with Crippen molar-refractivity contribution in [2.75, 3.05) is 32.1 Å². The van der Waals surface area contributed by atoms with Gasteiger partial charge < -0.3 is 10.2 Å². The molecule has 0 aliphatic carbocycles. The van der Waals surface area contributed by atoms with Crippen molar-refractivity contribution in [1.29, 1.82) is 0 Å². The Labute approximate surface area is 102 Å². The van der Waals surface area contributed by atoms with E-state index in [-0.39, 0.29) is 5.56 Å². The Morgan fingerprint density at radius 3 is 2.71 bits per heavy atom. The number of nitrogens with zero attached hydrogens (tertiary/aromatic N) is 3. The third kappa shape index (κ3) is 4.56. The summed E-state index contributed by atoms with van der Waals surface area (Å²) in [5.41, 5.74) is 0.781. The number of hydrogen-bond acceptors (Lipinski definition) is 4. The average molecular weight is 238 g/mol. The van der Waals surface area contributed by atoms with E-state index in [0.717, 1.165) is 18.8 Å². The van der Waals surface area contributed by atoms with Gasteiger partial charge in [0.25, 0.3) is 5.56 Å². The van der Waals surface area contributed by atoms with Gasteiger partial charge in [0.15, 0.2) is 0 Å². The minimum atomic E-state index is -0.0532. The minimum absolute atomic E-state index is 0.0532. The van der Waals surface area contributed by atoms with Crippen molar-refractivity contribution in [2.45, 2.75) is 20.4 Å². The van der Waals surface area contributed by atoms with Crippen LogP contribution in [0.25, 0.3) is 0 Å². The first kappa shape index (κ1) is 13.7. The molecule has 0 saturated heterocycles. The van der Waals surface area contributed by atoms with Crippen LogP contribution in [0.4, 0.5) is 5.69 Å². The Morgan fingerprint density at radius 2 is 2.18 bits per heavy atom. The molecule has 0 amide bonds. The van der Waals surface area contributed by atoms with E-state index in [4.69, 9.17) is 0 Å². The van der Waals surface area contributed by atoms with Gasteiger partial charge in [-0.25, -0.2) is 4.68 Å². The molecule has 1 aromatic heterocycles. The Morgan fingerprint density at radius 1 is 1.47 bits per heavy atom. The molecule has 0 radical (unpaired) electrons. The number of nitrogens with one attached hydrogen (secondary N) is 1. The van der Waals surface area contributed by atoms with Gasteiger partial charge in [-0.2, -0.15) is 5.10 Å². The maximum absolute atomic E-state index is 11.7. The minimum Gasteiger partial charge on any atom is -0.376 e. The Hall–Kier alpha value is -1.36. The topological polar surface area (TPSA) is 50.2 Å². The Bertz CT molecular complexity index is 398. The summed E-state index contributed by atoms with van der Waals surface area (Å²) in [7, 11) is 3.79. The van der Waals surface area contributed by atoms with Crippen LogP contribution in [0.3, 0.4) is 0 Å². The second-order valence-corrected chi connectivity index (χ2v) is 4.77. The quantitative estimate of drug-likeness (QED) is 0.736. The van der Waals surface area contributed by atoms with Crippen LogP contribution < -0.4 is 15.8 Å². The van der Waals surface area contributed by atoms with E-state index in [0.29, 0.717) is 12.5 Å². The highest BCUT2D eigenvalue weighted by Crippen LogP contribution is 2.02. The van der Waals surface area contributed by atoms with Crippen molar-refractivity contribution in [3.8, 4) is 0 Å². The predicted octanol–water partition coefficient (Wildman–Crippen LogP) is 0.555.